The number of rotatable bonds is 4. The average Bonchev–Trinajstić information content (AvgIpc) is 2.28. The number of aliphatic hydroxyl groups excluding tert-OH is 1. The summed E-state index contributed by atoms with van der Waals surface area (Å²) in [4.78, 5) is 12.2. The maximum Gasteiger partial charge on any atom is 0.179 e. The van der Waals surface area contributed by atoms with Gasteiger partial charge in [0.1, 0.15) is 17.0 Å². The minimum atomic E-state index is -0.943. The molecule has 4 nitrogen and oxygen atoms in total. The van der Waals surface area contributed by atoms with Crippen LogP contribution in [-0.2, 0) is 4.74 Å². The number of aliphatic hydroxyl groups is 1. The van der Waals surface area contributed by atoms with Crippen LogP contribution < -0.4 is 4.74 Å². The van der Waals surface area contributed by atoms with E-state index in [9.17, 15) is 14.3 Å². The summed E-state index contributed by atoms with van der Waals surface area (Å²) in [7, 11) is 1.41. The van der Waals surface area contributed by atoms with Crippen molar-refractivity contribution >= 4 is 5.78 Å². The normalized spacial score (nSPS) is 17.4. The molecule has 0 aromatic heterocycles. The fourth-order valence-electron chi connectivity index (χ4n) is 1.79. The third-order valence-electron chi connectivity index (χ3n) is 2.95. The Hall–Kier alpha value is -1.46. The molecule has 0 atom stereocenters. The number of hydrogen-bond acceptors (Lipinski definition) is 4. The minimum Gasteiger partial charge on any atom is -0.496 e. The Labute approximate surface area is 98.0 Å². The second kappa shape index (κ2) is 4.43. The summed E-state index contributed by atoms with van der Waals surface area (Å²) >= 11 is 0. The van der Waals surface area contributed by atoms with E-state index in [1.807, 2.05) is 0 Å². The highest BCUT2D eigenvalue weighted by Crippen LogP contribution is 2.34. The molecule has 0 unspecified atom stereocenters. The van der Waals surface area contributed by atoms with Gasteiger partial charge in [0.05, 0.1) is 32.5 Å². The first-order chi connectivity index (χ1) is 8.13. The molecule has 0 bridgehead atoms. The van der Waals surface area contributed by atoms with Gasteiger partial charge >= 0.3 is 0 Å². The summed E-state index contributed by atoms with van der Waals surface area (Å²) < 4.78 is 23.1. The van der Waals surface area contributed by atoms with Gasteiger partial charge in [-0.1, -0.05) is 0 Å². The van der Waals surface area contributed by atoms with Crippen LogP contribution in [0.15, 0.2) is 18.2 Å². The number of hydrogen-bond donors (Lipinski definition) is 1. The van der Waals surface area contributed by atoms with Crippen LogP contribution in [-0.4, -0.2) is 37.8 Å². The van der Waals surface area contributed by atoms with E-state index in [2.05, 4.69) is 0 Å². The Morgan fingerprint density at radius 3 is 2.76 bits per heavy atom. The number of carbonyl (C=O) groups excluding carboxylic acids is 1. The van der Waals surface area contributed by atoms with Crippen LogP contribution in [0.1, 0.15) is 10.4 Å². The number of halogens is 1. The molecule has 1 aromatic rings. The monoisotopic (exact) mass is 240 g/mol. The summed E-state index contributed by atoms with van der Waals surface area (Å²) in [5.41, 5.74) is -0.800. The zero-order valence-corrected chi connectivity index (χ0v) is 9.40. The summed E-state index contributed by atoms with van der Waals surface area (Å²) in [6, 6.07) is 3.74. The van der Waals surface area contributed by atoms with Crippen molar-refractivity contribution in [2.75, 3.05) is 26.9 Å². The van der Waals surface area contributed by atoms with Gasteiger partial charge < -0.3 is 14.6 Å². The number of Topliss-reactive ketones (excluding diaryl/α,β-unsaturated/α-hetero) is 1. The van der Waals surface area contributed by atoms with E-state index < -0.39 is 11.2 Å². The Bertz CT molecular complexity index is 435. The van der Waals surface area contributed by atoms with Crippen molar-refractivity contribution in [1.29, 1.82) is 0 Å². The quantitative estimate of drug-likeness (QED) is 0.798. The van der Waals surface area contributed by atoms with Crippen LogP contribution in [0.5, 0.6) is 5.75 Å². The molecule has 1 fully saturated rings. The third kappa shape index (κ3) is 1.92. The molecule has 0 radical (unpaired) electrons. The molecule has 1 aliphatic heterocycles. The lowest BCUT2D eigenvalue weighted by molar-refractivity contribution is -0.109. The van der Waals surface area contributed by atoms with Gasteiger partial charge in [0, 0.05) is 0 Å². The summed E-state index contributed by atoms with van der Waals surface area (Å²) in [6.45, 7) is -0.00446. The maximum atomic E-state index is 13.2. The summed E-state index contributed by atoms with van der Waals surface area (Å²) in [5.74, 6) is -0.554. The van der Waals surface area contributed by atoms with Crippen LogP contribution in [0.25, 0.3) is 0 Å². The first kappa shape index (κ1) is 12.0. The van der Waals surface area contributed by atoms with Gasteiger partial charge in [-0.15, -0.1) is 0 Å². The second-order valence-electron chi connectivity index (χ2n) is 4.10. The van der Waals surface area contributed by atoms with E-state index in [0.29, 0.717) is 5.75 Å². The van der Waals surface area contributed by atoms with E-state index in [1.165, 1.54) is 19.2 Å². The summed E-state index contributed by atoms with van der Waals surface area (Å²) in [5, 5.41) is 9.27. The molecule has 0 spiro atoms. The molecular weight excluding hydrogens is 227 g/mol. The first-order valence-corrected chi connectivity index (χ1v) is 5.20. The Balaban J connectivity index is 2.39. The molecule has 92 valence electrons. The molecule has 1 N–H and O–H groups in total. The molecule has 0 aliphatic carbocycles. The number of methoxy groups -OCH3 is 1. The lowest BCUT2D eigenvalue weighted by atomic mass is 9.79. The van der Waals surface area contributed by atoms with E-state index in [1.54, 1.807) is 0 Å². The largest absolute Gasteiger partial charge is 0.496 e. The molecule has 2 rings (SSSR count). The van der Waals surface area contributed by atoms with Gasteiger partial charge in [-0.25, -0.2) is 4.39 Å². The van der Waals surface area contributed by atoms with Gasteiger partial charge in [-0.05, 0) is 18.2 Å². The Kier molecular flexibility index (Phi) is 3.13. The van der Waals surface area contributed by atoms with Gasteiger partial charge in [0.25, 0.3) is 0 Å². The number of carbonyl (C=O) groups is 1. The van der Waals surface area contributed by atoms with Crippen molar-refractivity contribution in [3.05, 3.63) is 29.6 Å². The van der Waals surface area contributed by atoms with Crippen molar-refractivity contribution in [2.24, 2.45) is 5.41 Å². The number of benzene rings is 1. The standard InChI is InChI=1S/C12H13FO4/c1-16-10-3-2-8(13)4-9(10)11(15)12(5-14)6-17-7-12/h2-4,14H,5-7H2,1H3. The van der Waals surface area contributed by atoms with Crippen LogP contribution in [0, 0.1) is 11.2 Å². The van der Waals surface area contributed by atoms with Crippen LogP contribution >= 0.6 is 0 Å². The fraction of sp³-hybridized carbons (Fsp3) is 0.417. The van der Waals surface area contributed by atoms with Crippen LogP contribution in [0.2, 0.25) is 0 Å². The third-order valence-corrected chi connectivity index (χ3v) is 2.95. The molecule has 0 saturated carbocycles. The smallest absolute Gasteiger partial charge is 0.179 e. The summed E-state index contributed by atoms with van der Waals surface area (Å²) in [6.07, 6.45) is 0. The van der Waals surface area contributed by atoms with Gasteiger partial charge in [-0.2, -0.15) is 0 Å². The van der Waals surface area contributed by atoms with Crippen LogP contribution in [0.4, 0.5) is 4.39 Å². The minimum absolute atomic E-state index is 0.143. The molecule has 17 heavy (non-hydrogen) atoms. The zero-order valence-electron chi connectivity index (χ0n) is 9.40. The molecule has 1 heterocycles. The SMILES string of the molecule is COc1ccc(F)cc1C(=O)C1(CO)COC1. The molecular formula is C12H13FO4. The molecule has 5 heteroatoms. The number of ketones is 1. The van der Waals surface area contributed by atoms with Gasteiger partial charge in [0.15, 0.2) is 5.78 Å². The number of ether oxygens (including phenoxy) is 2. The molecule has 0 amide bonds. The predicted molar refractivity (Wildman–Crippen MR) is 57.6 cm³/mol. The predicted octanol–water partition coefficient (Wildman–Crippen LogP) is 1.03. The Morgan fingerprint density at radius 2 is 2.29 bits per heavy atom. The topological polar surface area (TPSA) is 55.8 Å². The van der Waals surface area contributed by atoms with Crippen molar-refractivity contribution in [3.8, 4) is 5.75 Å². The fourth-order valence-corrected chi connectivity index (χ4v) is 1.79. The molecule has 1 aromatic carbocycles. The van der Waals surface area contributed by atoms with E-state index in [4.69, 9.17) is 9.47 Å². The first-order valence-electron chi connectivity index (χ1n) is 5.20. The zero-order chi connectivity index (χ0) is 12.5. The van der Waals surface area contributed by atoms with Crippen LogP contribution in [0.3, 0.4) is 0 Å². The second-order valence-corrected chi connectivity index (χ2v) is 4.10. The van der Waals surface area contributed by atoms with E-state index >= 15 is 0 Å². The lowest BCUT2D eigenvalue weighted by Gasteiger charge is -2.38. The molecule has 1 aliphatic rings. The average molecular weight is 240 g/mol. The highest BCUT2D eigenvalue weighted by Gasteiger charge is 2.46. The highest BCUT2D eigenvalue weighted by atomic mass is 19.1. The lowest BCUT2D eigenvalue weighted by Crippen LogP contribution is -2.51. The van der Waals surface area contributed by atoms with Crippen molar-refractivity contribution in [1.82, 2.24) is 0 Å². The van der Waals surface area contributed by atoms with Crippen molar-refractivity contribution in [3.63, 3.8) is 0 Å². The van der Waals surface area contributed by atoms with E-state index in [0.717, 1.165) is 6.07 Å². The maximum absolute atomic E-state index is 13.2. The molecule has 1 saturated heterocycles. The van der Waals surface area contributed by atoms with Gasteiger partial charge in [0.2, 0.25) is 0 Å². The van der Waals surface area contributed by atoms with E-state index in [-0.39, 0.29) is 31.2 Å². The highest BCUT2D eigenvalue weighted by molar-refractivity contribution is 6.03. The Morgan fingerprint density at radius 1 is 1.59 bits per heavy atom. The van der Waals surface area contributed by atoms with Gasteiger partial charge in [-0.3, -0.25) is 4.79 Å². The van der Waals surface area contributed by atoms with Crippen molar-refractivity contribution in [2.45, 2.75) is 0 Å². The van der Waals surface area contributed by atoms with Crippen molar-refractivity contribution < 1.29 is 23.8 Å².